The van der Waals surface area contributed by atoms with E-state index in [0.717, 1.165) is 11.8 Å². The number of carbonyl (C=O) groups excluding carboxylic acids is 1. The molecule has 6 nitrogen and oxygen atoms in total. The lowest BCUT2D eigenvalue weighted by Gasteiger charge is -2.11. The minimum Gasteiger partial charge on any atom is -0.493 e. The molecule has 1 atom stereocenters. The lowest BCUT2D eigenvalue weighted by molar-refractivity contribution is -0.133. The van der Waals surface area contributed by atoms with Crippen molar-refractivity contribution in [2.75, 3.05) is 20.0 Å². The Kier molecular flexibility index (Phi) is 3.84. The maximum atomic E-state index is 11.8. The minimum atomic E-state index is -0.963. The van der Waals surface area contributed by atoms with Crippen LogP contribution in [0, 0.1) is 0 Å². The Morgan fingerprint density at radius 3 is 2.74 bits per heavy atom. The number of carbonyl (C=O) groups is 2. The molecule has 1 N–H and O–H groups in total. The fourth-order valence-electron chi connectivity index (χ4n) is 1.84. The molecule has 1 heterocycles. The normalized spacial score (nSPS) is 16.7. The number of cyclic esters (lactones) is 1. The number of methoxy groups -OCH3 is 2. The highest BCUT2D eigenvalue weighted by molar-refractivity contribution is 8.00. The van der Waals surface area contributed by atoms with Crippen LogP contribution in [-0.2, 0) is 9.53 Å². The fraction of sp³-hybridized carbons (Fsp3) is 0.333. The first-order chi connectivity index (χ1) is 9.08. The van der Waals surface area contributed by atoms with E-state index in [1.165, 1.54) is 14.2 Å². The Morgan fingerprint density at radius 1 is 1.42 bits per heavy atom. The van der Waals surface area contributed by atoms with Gasteiger partial charge in [0.1, 0.15) is 5.56 Å². The number of hydrogen-bond donors (Lipinski definition) is 1. The minimum absolute atomic E-state index is 0.147. The number of ether oxygens (including phenoxy) is 3. The Morgan fingerprint density at radius 2 is 2.16 bits per heavy atom. The van der Waals surface area contributed by atoms with Crippen LogP contribution in [0.4, 0.5) is 0 Å². The van der Waals surface area contributed by atoms with E-state index in [1.54, 1.807) is 12.1 Å². The third-order valence-electron chi connectivity index (χ3n) is 2.61. The lowest BCUT2D eigenvalue weighted by atomic mass is 10.1. The number of hydrogen-bond acceptors (Lipinski definition) is 6. The average Bonchev–Trinajstić information content (AvgIpc) is 2.72. The monoisotopic (exact) mass is 284 g/mol. The molecular formula is C12H12O6S. The van der Waals surface area contributed by atoms with E-state index in [2.05, 4.69) is 0 Å². The molecule has 1 aromatic rings. The van der Waals surface area contributed by atoms with E-state index in [0.29, 0.717) is 22.6 Å². The average molecular weight is 284 g/mol. The first kappa shape index (κ1) is 13.5. The van der Waals surface area contributed by atoms with Gasteiger partial charge in [-0.25, -0.2) is 4.79 Å². The quantitative estimate of drug-likeness (QED) is 0.824. The molecule has 2 rings (SSSR count). The molecular weight excluding hydrogens is 272 g/mol. The van der Waals surface area contributed by atoms with E-state index in [4.69, 9.17) is 19.3 Å². The van der Waals surface area contributed by atoms with E-state index < -0.39 is 17.4 Å². The van der Waals surface area contributed by atoms with Gasteiger partial charge in [0.25, 0.3) is 0 Å². The molecule has 19 heavy (non-hydrogen) atoms. The van der Waals surface area contributed by atoms with Crippen molar-refractivity contribution in [1.82, 2.24) is 0 Å². The lowest BCUT2D eigenvalue weighted by Crippen LogP contribution is -2.02. The van der Waals surface area contributed by atoms with Gasteiger partial charge in [-0.3, -0.25) is 4.79 Å². The predicted molar refractivity (Wildman–Crippen MR) is 67.8 cm³/mol. The van der Waals surface area contributed by atoms with Crippen LogP contribution in [0.2, 0.25) is 0 Å². The summed E-state index contributed by atoms with van der Waals surface area (Å²) in [6.45, 7) is 0. The highest BCUT2D eigenvalue weighted by Crippen LogP contribution is 2.45. The molecule has 0 unspecified atom stereocenters. The van der Waals surface area contributed by atoms with Crippen LogP contribution in [0.5, 0.6) is 11.5 Å². The first-order valence-electron chi connectivity index (χ1n) is 5.37. The largest absolute Gasteiger partial charge is 0.493 e. The number of aliphatic carboxylic acids is 1. The van der Waals surface area contributed by atoms with Crippen molar-refractivity contribution >= 4 is 23.7 Å². The summed E-state index contributed by atoms with van der Waals surface area (Å²) in [5.41, 5.74) is 0.275. The molecule has 0 saturated carbocycles. The van der Waals surface area contributed by atoms with Gasteiger partial charge in [0.2, 0.25) is 0 Å². The zero-order valence-corrected chi connectivity index (χ0v) is 11.2. The maximum absolute atomic E-state index is 11.8. The summed E-state index contributed by atoms with van der Waals surface area (Å²) in [5.74, 6) is -0.903. The molecule has 0 saturated heterocycles. The molecule has 1 aliphatic heterocycles. The Balaban J connectivity index is 2.37. The van der Waals surface area contributed by atoms with Gasteiger partial charge in [-0.2, -0.15) is 0 Å². The smallest absolute Gasteiger partial charge is 0.344 e. The van der Waals surface area contributed by atoms with Crippen LogP contribution < -0.4 is 9.47 Å². The van der Waals surface area contributed by atoms with E-state index >= 15 is 0 Å². The van der Waals surface area contributed by atoms with E-state index in [1.807, 2.05) is 0 Å². The van der Waals surface area contributed by atoms with Crippen molar-refractivity contribution in [2.45, 2.75) is 5.44 Å². The topological polar surface area (TPSA) is 82.1 Å². The van der Waals surface area contributed by atoms with Crippen LogP contribution >= 0.6 is 11.8 Å². The number of carboxylic acids is 1. The van der Waals surface area contributed by atoms with Gasteiger partial charge < -0.3 is 19.3 Å². The second-order valence-corrected chi connectivity index (χ2v) is 4.76. The van der Waals surface area contributed by atoms with Crippen LogP contribution in [-0.4, -0.2) is 37.0 Å². The number of esters is 1. The predicted octanol–water partition coefficient (Wildman–Crippen LogP) is 1.69. The van der Waals surface area contributed by atoms with E-state index in [9.17, 15) is 9.59 Å². The first-order valence-corrected chi connectivity index (χ1v) is 6.42. The standard InChI is InChI=1S/C12H12O6S/c1-16-7-4-3-6-9(10(7)17-2)11(15)18-12(6)19-5-8(13)14/h3-4,12H,5H2,1-2H3,(H,13,14)/t12-/m0/s1. The second kappa shape index (κ2) is 5.40. The Bertz CT molecular complexity index is 527. The third-order valence-corrected chi connectivity index (χ3v) is 3.67. The number of carboxylic acid groups (broad SMARTS) is 1. The summed E-state index contributed by atoms with van der Waals surface area (Å²) in [6.07, 6.45) is 0. The molecule has 0 fully saturated rings. The summed E-state index contributed by atoms with van der Waals surface area (Å²) in [4.78, 5) is 22.4. The van der Waals surface area contributed by atoms with Crippen LogP contribution in [0.3, 0.4) is 0 Å². The number of benzene rings is 1. The van der Waals surface area contributed by atoms with Crippen LogP contribution in [0.1, 0.15) is 21.4 Å². The highest BCUT2D eigenvalue weighted by atomic mass is 32.2. The molecule has 1 aromatic carbocycles. The molecule has 7 heteroatoms. The van der Waals surface area contributed by atoms with Crippen molar-refractivity contribution in [3.8, 4) is 11.5 Å². The number of thioether (sulfide) groups is 1. The zero-order chi connectivity index (χ0) is 14.0. The van der Waals surface area contributed by atoms with Crippen molar-refractivity contribution in [3.63, 3.8) is 0 Å². The van der Waals surface area contributed by atoms with Gasteiger partial charge in [0, 0.05) is 5.56 Å². The zero-order valence-electron chi connectivity index (χ0n) is 10.3. The second-order valence-electron chi connectivity index (χ2n) is 3.71. The van der Waals surface area contributed by atoms with Crippen molar-refractivity contribution in [3.05, 3.63) is 23.3 Å². The van der Waals surface area contributed by atoms with Gasteiger partial charge >= 0.3 is 11.9 Å². The molecule has 0 spiro atoms. The summed E-state index contributed by atoms with van der Waals surface area (Å²) in [6, 6.07) is 3.34. The highest BCUT2D eigenvalue weighted by Gasteiger charge is 2.36. The molecule has 0 amide bonds. The Labute approximate surface area is 113 Å². The summed E-state index contributed by atoms with van der Waals surface area (Å²) < 4.78 is 15.4. The summed E-state index contributed by atoms with van der Waals surface area (Å²) in [7, 11) is 2.91. The summed E-state index contributed by atoms with van der Waals surface area (Å²) >= 11 is 1.03. The van der Waals surface area contributed by atoms with Crippen molar-refractivity contribution in [2.24, 2.45) is 0 Å². The van der Waals surface area contributed by atoms with Crippen molar-refractivity contribution in [1.29, 1.82) is 0 Å². The number of rotatable bonds is 5. The fourth-order valence-corrected chi connectivity index (χ4v) is 2.66. The van der Waals surface area contributed by atoms with E-state index in [-0.39, 0.29) is 5.75 Å². The Hall–Kier alpha value is -1.89. The van der Waals surface area contributed by atoms with Gasteiger partial charge in [-0.15, -0.1) is 11.8 Å². The van der Waals surface area contributed by atoms with Gasteiger partial charge in [0.15, 0.2) is 16.9 Å². The maximum Gasteiger partial charge on any atom is 0.344 e. The van der Waals surface area contributed by atoms with Gasteiger partial charge in [0.05, 0.1) is 20.0 Å². The molecule has 0 radical (unpaired) electrons. The SMILES string of the molecule is COc1ccc2c(c1OC)C(=O)O[C@H]2SCC(=O)O. The molecule has 0 aromatic heterocycles. The van der Waals surface area contributed by atoms with Gasteiger partial charge in [-0.1, -0.05) is 0 Å². The molecule has 1 aliphatic rings. The molecule has 0 aliphatic carbocycles. The number of fused-ring (bicyclic) bond motifs is 1. The third kappa shape index (κ3) is 2.46. The van der Waals surface area contributed by atoms with Crippen LogP contribution in [0.15, 0.2) is 12.1 Å². The van der Waals surface area contributed by atoms with Gasteiger partial charge in [-0.05, 0) is 12.1 Å². The van der Waals surface area contributed by atoms with Crippen LogP contribution in [0.25, 0.3) is 0 Å². The summed E-state index contributed by atoms with van der Waals surface area (Å²) in [5, 5.41) is 8.66. The van der Waals surface area contributed by atoms with Crippen molar-refractivity contribution < 1.29 is 28.9 Å². The molecule has 102 valence electrons. The molecule has 0 bridgehead atoms.